The van der Waals surface area contributed by atoms with Crippen molar-refractivity contribution in [3.8, 4) is 0 Å². The Morgan fingerprint density at radius 1 is 0.603 bits per heavy atom. The number of carboxylic acids is 2. The zero-order valence-electron chi connectivity index (χ0n) is 41.9. The number of thioether (sulfide) groups is 3. The van der Waals surface area contributed by atoms with Crippen LogP contribution < -0.4 is 9.80 Å². The van der Waals surface area contributed by atoms with Crippen LogP contribution in [0.2, 0.25) is 0 Å². The maximum atomic E-state index is 12.8. The van der Waals surface area contributed by atoms with Crippen LogP contribution in [0.25, 0.3) is 30.4 Å². The van der Waals surface area contributed by atoms with E-state index in [1.807, 2.05) is 30.4 Å². The number of carbonyl (C=O) groups is 4. The summed E-state index contributed by atoms with van der Waals surface area (Å²) < 4.78 is 0.573. The van der Waals surface area contributed by atoms with Crippen molar-refractivity contribution < 1.29 is 48.6 Å². The average molecular weight is 1140 g/mol. The summed E-state index contributed by atoms with van der Waals surface area (Å²) in [6.45, 7) is 3.02. The van der Waals surface area contributed by atoms with Crippen LogP contribution in [-0.2, 0) is 38.4 Å². The van der Waals surface area contributed by atoms with Crippen molar-refractivity contribution in [2.75, 3.05) is 29.1 Å². The zero-order chi connectivity index (χ0) is 55.6. The number of fused-ring (bicyclic) bond motifs is 6. The van der Waals surface area contributed by atoms with E-state index in [4.69, 9.17) is 53.8 Å². The number of thiocarbonyl (C=S) groups is 2. The van der Waals surface area contributed by atoms with Gasteiger partial charge in [0.2, 0.25) is 0 Å². The second kappa shape index (κ2) is 25.8. The Bertz CT molecular complexity index is 3340. The number of carboxylic acid groups (broad SMARTS) is 2. The Hall–Kier alpha value is -7.47. The van der Waals surface area contributed by atoms with Gasteiger partial charge in [-0.1, -0.05) is 134 Å². The number of amides is 2. The van der Waals surface area contributed by atoms with Gasteiger partial charge in [0.05, 0.1) is 9.81 Å². The van der Waals surface area contributed by atoms with Crippen LogP contribution >= 0.6 is 59.7 Å². The standard InChI is InChI=1S/C32H28N2O3S3.C25H22N2O3S2.2CO2/c1-39-24-14-9-21(10-15-24)6-5-20-7-12-23(13-8-20)34-27-4-2-3-25(27)26-17-22(11-16-28(26)34)18-29-31(37)33(19-30(35)36)32(38)40-29;1-2-15-6-9-17(10-7-15)27-20-5-3-4-18(20)19-12-16(8-11-21(19)27)13-22-24(30)26(14-23(28)29)25(31)32-22;2*2-1-3/h5-18,25,27H,2-4,19H2,1H3,(H,35,36);2,6-13,18,20H,1,3-5,14H2,(H,28,29);;/b6-5?,29-18-;22-13-;;. The van der Waals surface area contributed by atoms with Gasteiger partial charge in [-0.05, 0) is 144 Å². The molecule has 6 aliphatic rings. The van der Waals surface area contributed by atoms with Gasteiger partial charge in [-0.15, -0.1) is 11.8 Å². The molecule has 5 aromatic rings. The number of rotatable bonds is 12. The maximum Gasteiger partial charge on any atom is 0.373 e. The minimum Gasteiger partial charge on any atom is -0.480 e. The van der Waals surface area contributed by atoms with Crippen molar-refractivity contribution in [3.63, 3.8) is 0 Å². The molecule has 2 amide bonds. The molecule has 4 fully saturated rings. The van der Waals surface area contributed by atoms with Crippen molar-refractivity contribution in [1.82, 2.24) is 9.80 Å². The molecule has 78 heavy (non-hydrogen) atoms. The first-order chi connectivity index (χ1) is 37.7. The van der Waals surface area contributed by atoms with Gasteiger partial charge >= 0.3 is 24.2 Å². The van der Waals surface area contributed by atoms with Gasteiger partial charge in [-0.25, -0.2) is 0 Å². The summed E-state index contributed by atoms with van der Waals surface area (Å²) >= 11 is 14.5. The maximum absolute atomic E-state index is 12.8. The molecule has 0 radical (unpaired) electrons. The highest BCUT2D eigenvalue weighted by Crippen LogP contribution is 2.54. The lowest BCUT2D eigenvalue weighted by atomic mass is 9.96. The Kier molecular flexibility index (Phi) is 18.8. The monoisotopic (exact) mass is 1130 g/mol. The highest BCUT2D eigenvalue weighted by molar-refractivity contribution is 8.27. The summed E-state index contributed by atoms with van der Waals surface area (Å²) in [6.07, 6.45) is 19.4. The largest absolute Gasteiger partial charge is 0.480 e. The van der Waals surface area contributed by atoms with Gasteiger partial charge in [0.25, 0.3) is 11.8 Å². The quantitative estimate of drug-likeness (QED) is 0.0519. The minimum atomic E-state index is -1.08. The molecule has 396 valence electrons. The van der Waals surface area contributed by atoms with Gasteiger partial charge in [0.1, 0.15) is 21.7 Å². The van der Waals surface area contributed by atoms with Crippen molar-refractivity contribution >= 4 is 158 Å². The van der Waals surface area contributed by atoms with Crippen molar-refractivity contribution in [3.05, 3.63) is 165 Å². The molecular formula is C59H50N4O10S5. The lowest BCUT2D eigenvalue weighted by Crippen LogP contribution is -2.33. The second-order valence-electron chi connectivity index (χ2n) is 18.6. The smallest absolute Gasteiger partial charge is 0.373 e. The molecule has 0 spiro atoms. The molecule has 0 aromatic heterocycles. The predicted octanol–water partition coefficient (Wildman–Crippen LogP) is 11.9. The minimum absolute atomic E-state index is 0.250. The molecule has 0 bridgehead atoms. The Morgan fingerprint density at radius 2 is 0.974 bits per heavy atom. The molecule has 5 aromatic carbocycles. The third-order valence-corrected chi connectivity index (χ3v) is 17.6. The molecule has 2 N–H and O–H groups in total. The molecule has 2 aliphatic carbocycles. The van der Waals surface area contributed by atoms with Crippen LogP contribution in [0.15, 0.2) is 130 Å². The lowest BCUT2D eigenvalue weighted by molar-refractivity contribution is -0.193. The van der Waals surface area contributed by atoms with Crippen LogP contribution in [0, 0.1) is 0 Å². The number of benzene rings is 5. The van der Waals surface area contributed by atoms with Crippen molar-refractivity contribution in [2.24, 2.45) is 0 Å². The number of carbonyl (C=O) groups excluding carboxylic acids is 6. The number of hydrogen-bond acceptors (Lipinski definition) is 15. The van der Waals surface area contributed by atoms with Crippen LogP contribution in [-0.4, -0.2) is 96.1 Å². The van der Waals surface area contributed by atoms with Crippen LogP contribution in [0.3, 0.4) is 0 Å². The van der Waals surface area contributed by atoms with Crippen molar-refractivity contribution in [2.45, 2.75) is 67.3 Å². The van der Waals surface area contributed by atoms with E-state index in [9.17, 15) is 19.2 Å². The molecule has 4 aliphatic heterocycles. The van der Waals surface area contributed by atoms with Crippen LogP contribution in [0.1, 0.15) is 89.3 Å². The van der Waals surface area contributed by atoms with Crippen LogP contribution in [0.5, 0.6) is 0 Å². The van der Waals surface area contributed by atoms with Crippen LogP contribution in [0.4, 0.5) is 22.7 Å². The number of aliphatic carboxylic acids is 2. The molecule has 4 heterocycles. The topological polar surface area (TPSA) is 190 Å². The molecule has 11 rings (SSSR count). The Morgan fingerprint density at radius 3 is 1.35 bits per heavy atom. The van der Waals surface area contributed by atoms with Gasteiger partial charge in [0, 0.05) is 51.6 Å². The second-order valence-corrected chi connectivity index (χ2v) is 22.8. The van der Waals surface area contributed by atoms with Crippen molar-refractivity contribution in [1.29, 1.82) is 0 Å². The first kappa shape index (κ1) is 56.7. The molecule has 4 atom stereocenters. The molecule has 2 saturated carbocycles. The zero-order valence-corrected chi connectivity index (χ0v) is 46.0. The van der Waals surface area contributed by atoms with Gasteiger partial charge in [-0.3, -0.25) is 29.0 Å². The summed E-state index contributed by atoms with van der Waals surface area (Å²) in [5.41, 5.74) is 12.8. The third kappa shape index (κ3) is 12.6. The third-order valence-electron chi connectivity index (χ3n) is 14.1. The number of nitrogens with zero attached hydrogens (tertiary/aromatic N) is 4. The molecule has 14 nitrogen and oxygen atoms in total. The number of hydrogen-bond donors (Lipinski definition) is 2. The molecule has 2 saturated heterocycles. The predicted molar refractivity (Wildman–Crippen MR) is 313 cm³/mol. The normalized spacial score (nSPS) is 20.5. The molecule has 19 heteroatoms. The van der Waals surface area contributed by atoms with E-state index >= 15 is 0 Å². The summed E-state index contributed by atoms with van der Waals surface area (Å²) in [7, 11) is 0. The summed E-state index contributed by atoms with van der Waals surface area (Å²) in [5.74, 6) is -1.91. The Balaban J connectivity index is 0.000000191. The van der Waals surface area contributed by atoms with E-state index in [0.717, 1.165) is 81.3 Å². The average Bonchev–Trinajstić information content (AvgIpc) is 4.48. The fourth-order valence-corrected chi connectivity index (χ4v) is 13.8. The molecule has 4 unspecified atom stereocenters. The fourth-order valence-electron chi connectivity index (χ4n) is 10.9. The van der Waals surface area contributed by atoms with E-state index in [0.29, 0.717) is 33.7 Å². The first-order valence-corrected chi connectivity index (χ1v) is 28.3. The SMILES string of the molecule is C=Cc1ccc(N2c3ccc(/C=C4\SC(=S)N(CC(=O)O)C4=O)cc3C3CCCC32)cc1.CSc1ccc(C=Cc2ccc(N3c4ccc(/C=C5\SC(=S)N(CC(=O)O)C5=O)cc4C4CCCC43)cc2)cc1.O=C=O.O=C=O. The summed E-state index contributed by atoms with van der Waals surface area (Å²) in [4.78, 5) is 89.5. The van der Waals surface area contributed by atoms with E-state index in [1.54, 1.807) is 11.8 Å². The highest BCUT2D eigenvalue weighted by atomic mass is 32.2. The molecular weight excluding hydrogens is 1090 g/mol. The fraction of sp³-hybridized carbons (Fsp3) is 0.220. The number of anilines is 4. The summed E-state index contributed by atoms with van der Waals surface area (Å²) in [5, 5.41) is 18.1. The Labute approximate surface area is 473 Å². The van der Waals surface area contributed by atoms with E-state index in [1.165, 1.54) is 57.2 Å². The van der Waals surface area contributed by atoms with E-state index in [-0.39, 0.29) is 32.8 Å². The van der Waals surface area contributed by atoms with Gasteiger partial charge < -0.3 is 20.0 Å². The summed E-state index contributed by atoms with van der Waals surface area (Å²) in [6, 6.07) is 39.5. The van der Waals surface area contributed by atoms with Gasteiger partial charge in [0.15, 0.2) is 0 Å². The van der Waals surface area contributed by atoms with Gasteiger partial charge in [-0.2, -0.15) is 19.2 Å². The lowest BCUT2D eigenvalue weighted by Gasteiger charge is -2.27. The van der Waals surface area contributed by atoms with E-state index < -0.39 is 25.0 Å². The first-order valence-electron chi connectivity index (χ1n) is 24.6. The van der Waals surface area contributed by atoms with E-state index in [2.05, 4.69) is 132 Å². The highest BCUT2D eigenvalue weighted by Gasteiger charge is 2.44.